The average molecular weight is 567 g/mol. The van der Waals surface area contributed by atoms with Crippen molar-refractivity contribution >= 4 is 0 Å². The average Bonchev–Trinajstić information content (AvgIpc) is 2.45. The van der Waals surface area contributed by atoms with E-state index in [1.54, 1.807) is 0 Å². The van der Waals surface area contributed by atoms with Crippen LogP contribution in [0.3, 0.4) is 0 Å². The second-order valence-electron chi connectivity index (χ2n) is 5.05. The number of hydrogen-bond donors (Lipinski definition) is 1. The molecule has 0 radical (unpaired) electrons. The Balaban J connectivity index is -0.000000370. The Kier molecular flexibility index (Phi) is 27.1. The van der Waals surface area contributed by atoms with Crippen LogP contribution in [0, 0.1) is 57.3 Å². The van der Waals surface area contributed by atoms with Gasteiger partial charge in [0.1, 0.15) is 6.61 Å². The van der Waals surface area contributed by atoms with Crippen molar-refractivity contribution < 1.29 is 50.4 Å². The zero-order chi connectivity index (χ0) is 17.5. The molecule has 0 heterocycles. The van der Waals surface area contributed by atoms with Crippen LogP contribution in [0.5, 0.6) is 0 Å². The molecule has 0 aromatic rings. The van der Waals surface area contributed by atoms with Gasteiger partial charge in [-0.05, 0) is 25.7 Å². The van der Waals surface area contributed by atoms with Gasteiger partial charge < -0.3 is 26.7 Å². The van der Waals surface area contributed by atoms with Crippen LogP contribution >= 0.6 is 0 Å². The van der Waals surface area contributed by atoms with E-state index in [1.165, 1.54) is 0 Å². The summed E-state index contributed by atoms with van der Waals surface area (Å²) in [6.45, 7) is 22.8. The van der Waals surface area contributed by atoms with Gasteiger partial charge in [-0.15, -0.1) is 0 Å². The molecule has 1 atom stereocenters. The van der Waals surface area contributed by atoms with E-state index in [2.05, 4.69) is 40.9 Å². The first-order valence-electron chi connectivity index (χ1n) is 7.67. The van der Waals surface area contributed by atoms with Crippen molar-refractivity contribution in [3.63, 3.8) is 0 Å². The van der Waals surface area contributed by atoms with Crippen LogP contribution in [-0.4, -0.2) is 31.2 Å². The van der Waals surface area contributed by atoms with Gasteiger partial charge in [0.05, 0.1) is 6.26 Å². The molecular weight excluding hydrogens is 530 g/mol. The van der Waals surface area contributed by atoms with Crippen LogP contribution in [0.1, 0.15) is 34.6 Å². The maximum absolute atomic E-state index is 7.33. The van der Waals surface area contributed by atoms with Crippen LogP contribution in [0.15, 0.2) is 36.8 Å². The Morgan fingerprint density at radius 1 is 1.17 bits per heavy atom. The largest absolute Gasteiger partial charge is 2.00 e. The summed E-state index contributed by atoms with van der Waals surface area (Å²) in [5, 5.41) is 7.33. The van der Waals surface area contributed by atoms with Crippen molar-refractivity contribution in [2.75, 3.05) is 19.8 Å². The van der Waals surface area contributed by atoms with Crippen LogP contribution in [-0.2, 0) is 14.2 Å². The quantitative estimate of drug-likeness (QED) is 0.173. The number of hydrogen-bond acceptors (Lipinski definition) is 4. The number of rotatable bonds is 10. The fourth-order valence-corrected chi connectivity index (χ4v) is 1.50. The Labute approximate surface area is 173 Å². The summed E-state index contributed by atoms with van der Waals surface area (Å²) in [7, 11) is 0. The van der Waals surface area contributed by atoms with Crippen molar-refractivity contribution in [3.8, 4) is 0 Å². The van der Waals surface area contributed by atoms with Crippen molar-refractivity contribution in [2.24, 2.45) is 11.8 Å². The number of ether oxygens (including phenoxy) is 3. The summed E-state index contributed by atoms with van der Waals surface area (Å²) in [4.78, 5) is 0. The van der Waals surface area contributed by atoms with Gasteiger partial charge in [-0.25, -0.2) is 12.5 Å². The molecule has 1 N–H and O–H groups in total. The van der Waals surface area contributed by atoms with Gasteiger partial charge in [-0.2, -0.15) is 6.08 Å². The topological polar surface area (TPSA) is 47.9 Å². The first kappa shape index (κ1) is 31.4. The minimum atomic E-state index is -0.337. The van der Waals surface area contributed by atoms with E-state index in [1.807, 2.05) is 19.9 Å². The van der Waals surface area contributed by atoms with Crippen molar-refractivity contribution in [1.29, 1.82) is 0 Å². The van der Waals surface area contributed by atoms with Gasteiger partial charge in [-0.1, -0.05) is 33.9 Å². The molecule has 0 amide bonds. The van der Waals surface area contributed by atoms with Gasteiger partial charge >= 0.3 is 31.1 Å². The Morgan fingerprint density at radius 3 is 1.92 bits per heavy atom. The van der Waals surface area contributed by atoms with E-state index in [9.17, 15) is 0 Å². The molecule has 0 fully saturated rings. The predicted octanol–water partition coefficient (Wildman–Crippen LogP) is 5.11. The minimum absolute atomic E-state index is 0. The van der Waals surface area contributed by atoms with Gasteiger partial charge in [0.15, 0.2) is 6.29 Å². The molecule has 0 bridgehead atoms. The summed E-state index contributed by atoms with van der Waals surface area (Å²) in [6, 6.07) is 0. The van der Waals surface area contributed by atoms with Crippen molar-refractivity contribution in [3.05, 3.63) is 51.2 Å². The Morgan fingerprint density at radius 2 is 1.58 bits per heavy atom. The molecule has 0 aliphatic heterocycles. The number of aliphatic hydroxyl groups excluding tert-OH is 1. The molecule has 0 spiro atoms. The number of allylic oxidation sites excluding steroid dienone is 2. The predicted molar refractivity (Wildman–Crippen MR) is 98.8 cm³/mol. The molecule has 0 aliphatic rings. The summed E-state index contributed by atoms with van der Waals surface area (Å²) in [5.41, 5.74) is 1.03. The zero-order valence-electron chi connectivity index (χ0n) is 16.3. The van der Waals surface area contributed by atoms with E-state index in [4.69, 9.17) is 19.3 Å². The fraction of sp³-hybridized carbons (Fsp3) is 0.579. The third kappa shape index (κ3) is 18.0. The van der Waals surface area contributed by atoms with Crippen LogP contribution in [0.25, 0.3) is 0 Å². The monoisotopic (exact) mass is 566 g/mol. The van der Waals surface area contributed by atoms with Gasteiger partial charge in [-0.3, -0.25) is 0 Å². The number of aliphatic hydroxyl groups is 1. The zero-order valence-corrected chi connectivity index (χ0v) is 20.5. The standard InChI is InChI=1S/C16H29O3.C2H4O.CH3.U/c1-8-17-16(18-9-2)11-19-14(6)10-13(5)15(7)12(3)4;1-2-3;;/h10,12,15-16H,5-6,8-9,11H2,1-4,7H3;2-3H,1H2;1H3;/q-1;;-1;+2/b13-10+;;;. The van der Waals surface area contributed by atoms with E-state index < -0.39 is 0 Å². The van der Waals surface area contributed by atoms with Crippen molar-refractivity contribution in [1.82, 2.24) is 0 Å². The molecule has 0 aliphatic carbocycles. The SMILES string of the molecule is C=C(/C=C(\[CH2-])C(C)C(C)C)OCC(OCC)OCC.C=CO.[CH3-].[U+2]. The molecule has 1 unspecified atom stereocenters. The van der Waals surface area contributed by atoms with E-state index in [0.717, 1.165) is 11.8 Å². The summed E-state index contributed by atoms with van der Waals surface area (Å²) in [6.07, 6.45) is 2.30. The first-order chi connectivity index (χ1) is 10.3. The van der Waals surface area contributed by atoms with Gasteiger partial charge in [0, 0.05) is 19.0 Å². The molecular formula is C19H36O4U. The molecule has 0 saturated heterocycles. The first-order valence-corrected chi connectivity index (χ1v) is 7.67. The van der Waals surface area contributed by atoms with Gasteiger partial charge in [0.2, 0.25) is 0 Å². The molecule has 140 valence electrons. The molecule has 4 nitrogen and oxygen atoms in total. The second kappa shape index (κ2) is 20.7. The minimum Gasteiger partial charge on any atom is -0.516 e. The molecule has 0 rings (SSSR count). The molecule has 0 aromatic carbocycles. The van der Waals surface area contributed by atoms with Crippen LogP contribution in [0.2, 0.25) is 0 Å². The molecule has 0 saturated carbocycles. The fourth-order valence-electron chi connectivity index (χ4n) is 1.50. The van der Waals surface area contributed by atoms with Crippen LogP contribution in [0.4, 0.5) is 0 Å². The smallest absolute Gasteiger partial charge is 0.516 e. The molecule has 0 aromatic heterocycles. The second-order valence-corrected chi connectivity index (χ2v) is 5.05. The van der Waals surface area contributed by atoms with E-state index in [-0.39, 0.29) is 44.8 Å². The Hall–Kier alpha value is -0.338. The third-order valence-corrected chi connectivity index (χ3v) is 3.04. The van der Waals surface area contributed by atoms with E-state index >= 15 is 0 Å². The Bertz CT molecular complexity index is 321. The third-order valence-electron chi connectivity index (χ3n) is 3.04. The van der Waals surface area contributed by atoms with E-state index in [0.29, 0.717) is 37.4 Å². The maximum atomic E-state index is 7.33. The normalized spacial score (nSPS) is 11.5. The van der Waals surface area contributed by atoms with Crippen molar-refractivity contribution in [2.45, 2.75) is 40.9 Å². The molecule has 5 heteroatoms. The van der Waals surface area contributed by atoms with Crippen LogP contribution < -0.4 is 0 Å². The van der Waals surface area contributed by atoms with Gasteiger partial charge in [0.25, 0.3) is 0 Å². The summed E-state index contributed by atoms with van der Waals surface area (Å²) >= 11 is 0. The molecule has 24 heavy (non-hydrogen) atoms. The maximum Gasteiger partial charge on any atom is 2.00 e. The summed E-state index contributed by atoms with van der Waals surface area (Å²) < 4.78 is 16.3. The summed E-state index contributed by atoms with van der Waals surface area (Å²) in [5.74, 6) is 1.56.